The van der Waals surface area contributed by atoms with E-state index in [4.69, 9.17) is 0 Å². The highest BCUT2D eigenvalue weighted by Crippen LogP contribution is 2.46. The third-order valence-electron chi connectivity index (χ3n) is 4.44. The molecule has 0 aromatic heterocycles. The summed E-state index contributed by atoms with van der Waals surface area (Å²) in [7, 11) is 0. The maximum absolute atomic E-state index is 2.36. The number of hydrogen-bond acceptors (Lipinski definition) is 0. The van der Waals surface area contributed by atoms with Crippen molar-refractivity contribution in [2.24, 2.45) is 0 Å². The Morgan fingerprint density at radius 3 is 1.44 bits per heavy atom. The third kappa shape index (κ3) is 1.59. The van der Waals surface area contributed by atoms with Gasteiger partial charge in [-0.15, -0.1) is 0 Å². The van der Waals surface area contributed by atoms with E-state index < -0.39 is 0 Å². The molecule has 0 amide bonds. The zero-order chi connectivity index (χ0) is 12.9. The lowest BCUT2D eigenvalue weighted by atomic mass is 9.72. The first-order valence-corrected chi connectivity index (χ1v) is 6.79. The Morgan fingerprint density at radius 2 is 1.06 bits per heavy atom. The predicted octanol–water partition coefficient (Wildman–Crippen LogP) is 5.19. The van der Waals surface area contributed by atoms with E-state index in [0.717, 1.165) is 0 Å². The highest BCUT2D eigenvalue weighted by molar-refractivity contribution is 5.75. The first-order chi connectivity index (χ1) is 8.58. The molecule has 0 nitrogen and oxygen atoms in total. The summed E-state index contributed by atoms with van der Waals surface area (Å²) in [5, 5.41) is 0. The van der Waals surface area contributed by atoms with Gasteiger partial charge in [0.15, 0.2) is 0 Å². The van der Waals surface area contributed by atoms with E-state index in [9.17, 15) is 0 Å². The van der Waals surface area contributed by atoms with Crippen molar-refractivity contribution in [1.82, 2.24) is 0 Å². The highest BCUT2D eigenvalue weighted by Gasteiger charge is 2.27. The van der Waals surface area contributed by atoms with Crippen LogP contribution < -0.4 is 0 Å². The van der Waals surface area contributed by atoms with Gasteiger partial charge in [-0.25, -0.2) is 0 Å². The summed E-state index contributed by atoms with van der Waals surface area (Å²) in [6, 6.07) is 13.8. The topological polar surface area (TPSA) is 0 Å². The second-order valence-electron chi connectivity index (χ2n) is 5.76. The average molecular weight is 236 g/mol. The van der Waals surface area contributed by atoms with Crippen LogP contribution in [0, 0.1) is 13.8 Å². The van der Waals surface area contributed by atoms with Crippen LogP contribution in [-0.4, -0.2) is 0 Å². The molecule has 0 bridgehead atoms. The summed E-state index contributed by atoms with van der Waals surface area (Å²) in [5.74, 6) is 1.21. The number of fused-ring (bicyclic) bond motifs is 3. The first-order valence-electron chi connectivity index (χ1n) is 6.79. The van der Waals surface area contributed by atoms with Gasteiger partial charge in [0.25, 0.3) is 0 Å². The number of benzene rings is 2. The number of hydrogen-bond donors (Lipinski definition) is 0. The molecule has 92 valence electrons. The fraction of sp³-hybridized carbons (Fsp3) is 0.333. The van der Waals surface area contributed by atoms with Crippen LogP contribution in [0.3, 0.4) is 0 Å². The van der Waals surface area contributed by atoms with E-state index in [1.807, 2.05) is 0 Å². The van der Waals surface area contributed by atoms with Crippen molar-refractivity contribution in [2.45, 2.75) is 39.5 Å². The zero-order valence-corrected chi connectivity index (χ0v) is 11.6. The lowest BCUT2D eigenvalue weighted by Crippen LogP contribution is -2.13. The lowest BCUT2D eigenvalue weighted by Gasteiger charge is -2.32. The molecule has 18 heavy (non-hydrogen) atoms. The summed E-state index contributed by atoms with van der Waals surface area (Å²) in [6.07, 6.45) is 0. The Kier molecular flexibility index (Phi) is 2.55. The largest absolute Gasteiger partial charge is 0.0587 e. The van der Waals surface area contributed by atoms with Crippen LogP contribution in [0.1, 0.15) is 47.9 Å². The lowest BCUT2D eigenvalue weighted by molar-refractivity contribution is 0.615. The van der Waals surface area contributed by atoms with E-state index in [0.29, 0.717) is 11.8 Å². The molecular formula is C18H20. The maximum Gasteiger partial charge on any atom is -0.0118 e. The molecule has 0 saturated carbocycles. The monoisotopic (exact) mass is 236 g/mol. The average Bonchev–Trinajstić information content (AvgIpc) is 2.36. The van der Waals surface area contributed by atoms with Gasteiger partial charge in [0.05, 0.1) is 0 Å². The number of aryl methyl sites for hydroxylation is 2. The summed E-state index contributed by atoms with van der Waals surface area (Å²) >= 11 is 0. The van der Waals surface area contributed by atoms with Gasteiger partial charge in [-0.05, 0) is 47.9 Å². The molecule has 1 aliphatic carbocycles. The summed E-state index contributed by atoms with van der Waals surface area (Å²) < 4.78 is 0. The standard InChI is InChI=1S/C18H20/c1-11-5-7-15-16-8-6-12(2)10-18(16)14(4)13(3)17(15)9-11/h5-10,13-14H,1-4H3. The Balaban J connectivity index is 2.31. The van der Waals surface area contributed by atoms with Crippen LogP contribution in [0.2, 0.25) is 0 Å². The van der Waals surface area contributed by atoms with E-state index in [1.54, 1.807) is 0 Å². The van der Waals surface area contributed by atoms with Crippen LogP contribution in [0.4, 0.5) is 0 Å². The molecule has 2 aromatic carbocycles. The van der Waals surface area contributed by atoms with Crippen LogP contribution >= 0.6 is 0 Å². The van der Waals surface area contributed by atoms with Crippen molar-refractivity contribution in [3.63, 3.8) is 0 Å². The van der Waals surface area contributed by atoms with Crippen molar-refractivity contribution in [3.8, 4) is 11.1 Å². The Hall–Kier alpha value is -1.56. The van der Waals surface area contributed by atoms with Gasteiger partial charge in [-0.3, -0.25) is 0 Å². The second-order valence-corrected chi connectivity index (χ2v) is 5.76. The fourth-order valence-electron chi connectivity index (χ4n) is 3.15. The predicted molar refractivity (Wildman–Crippen MR) is 78.2 cm³/mol. The molecule has 3 rings (SSSR count). The molecule has 0 heteroatoms. The van der Waals surface area contributed by atoms with Crippen LogP contribution in [0.15, 0.2) is 36.4 Å². The molecule has 0 spiro atoms. The molecule has 0 N–H and O–H groups in total. The van der Waals surface area contributed by atoms with Crippen molar-refractivity contribution < 1.29 is 0 Å². The number of rotatable bonds is 0. The highest BCUT2D eigenvalue weighted by atomic mass is 14.3. The molecule has 2 aromatic rings. The Labute approximate surface area is 110 Å². The summed E-state index contributed by atoms with van der Waals surface area (Å²) in [4.78, 5) is 0. The SMILES string of the molecule is Cc1ccc2c(c1)C(C)C(C)c1cc(C)ccc1-2. The van der Waals surface area contributed by atoms with Crippen molar-refractivity contribution in [3.05, 3.63) is 58.7 Å². The second kappa shape index (κ2) is 3.98. The molecule has 0 fully saturated rings. The van der Waals surface area contributed by atoms with Crippen molar-refractivity contribution in [2.75, 3.05) is 0 Å². The minimum Gasteiger partial charge on any atom is -0.0587 e. The van der Waals surface area contributed by atoms with Gasteiger partial charge in [-0.1, -0.05) is 61.4 Å². The van der Waals surface area contributed by atoms with Crippen molar-refractivity contribution in [1.29, 1.82) is 0 Å². The van der Waals surface area contributed by atoms with Gasteiger partial charge in [-0.2, -0.15) is 0 Å². The van der Waals surface area contributed by atoms with Gasteiger partial charge in [0, 0.05) is 0 Å². The minimum absolute atomic E-state index is 0.606. The molecule has 2 unspecified atom stereocenters. The summed E-state index contributed by atoms with van der Waals surface area (Å²) in [6.45, 7) is 9.08. The fourth-order valence-corrected chi connectivity index (χ4v) is 3.15. The van der Waals surface area contributed by atoms with Gasteiger partial charge < -0.3 is 0 Å². The van der Waals surface area contributed by atoms with Gasteiger partial charge in [0.1, 0.15) is 0 Å². The maximum atomic E-state index is 2.36. The molecule has 2 atom stereocenters. The molecule has 1 aliphatic rings. The molecule has 0 radical (unpaired) electrons. The summed E-state index contributed by atoms with van der Waals surface area (Å²) in [5.41, 5.74) is 8.62. The smallest absolute Gasteiger partial charge is 0.0118 e. The van der Waals surface area contributed by atoms with E-state index in [2.05, 4.69) is 64.1 Å². The zero-order valence-electron chi connectivity index (χ0n) is 11.6. The van der Waals surface area contributed by atoms with E-state index in [-0.39, 0.29) is 0 Å². The van der Waals surface area contributed by atoms with E-state index in [1.165, 1.54) is 33.4 Å². The first kappa shape index (κ1) is 11.5. The quantitative estimate of drug-likeness (QED) is 0.590. The van der Waals surface area contributed by atoms with Crippen LogP contribution in [0.25, 0.3) is 11.1 Å². The van der Waals surface area contributed by atoms with Crippen LogP contribution in [0.5, 0.6) is 0 Å². The molecular weight excluding hydrogens is 216 g/mol. The molecule has 0 heterocycles. The minimum atomic E-state index is 0.606. The Bertz CT molecular complexity index is 552. The van der Waals surface area contributed by atoms with Gasteiger partial charge >= 0.3 is 0 Å². The van der Waals surface area contributed by atoms with E-state index >= 15 is 0 Å². The van der Waals surface area contributed by atoms with Crippen LogP contribution in [-0.2, 0) is 0 Å². The normalized spacial score (nSPS) is 21.3. The van der Waals surface area contributed by atoms with Crippen molar-refractivity contribution >= 4 is 0 Å². The third-order valence-corrected chi connectivity index (χ3v) is 4.44. The van der Waals surface area contributed by atoms with Gasteiger partial charge in [0.2, 0.25) is 0 Å². The molecule has 0 saturated heterocycles. The Morgan fingerprint density at radius 1 is 0.667 bits per heavy atom. The molecule has 0 aliphatic heterocycles.